The van der Waals surface area contributed by atoms with Gasteiger partial charge in [0.05, 0.1) is 24.2 Å². The molecule has 0 unspecified atom stereocenters. The molecule has 0 aliphatic rings. The van der Waals surface area contributed by atoms with Gasteiger partial charge in [-0.05, 0) is 52.9 Å². The second-order valence-electron chi connectivity index (χ2n) is 16.4. The van der Waals surface area contributed by atoms with Crippen molar-refractivity contribution < 1.29 is 17.9 Å². The van der Waals surface area contributed by atoms with E-state index in [4.69, 9.17) is 37.9 Å². The van der Waals surface area contributed by atoms with Crippen LogP contribution in [0.1, 0.15) is 1.43 Å². The van der Waals surface area contributed by atoms with E-state index in [1.54, 1.807) is 0 Å². The summed E-state index contributed by atoms with van der Waals surface area (Å²) >= 11 is 17.6. The predicted octanol–water partition coefficient (Wildman–Crippen LogP) is 8.74. The van der Waals surface area contributed by atoms with E-state index in [1.165, 1.54) is 47.4 Å². The molecular weight excluding hydrogens is 842 g/mol. The van der Waals surface area contributed by atoms with Gasteiger partial charge in [-0.25, -0.2) is 0 Å². The van der Waals surface area contributed by atoms with Crippen LogP contribution in [-0.2, 0) is 41.7 Å². The molecule has 0 heterocycles. The van der Waals surface area contributed by atoms with Gasteiger partial charge in [0.25, 0.3) is 0 Å². The first kappa shape index (κ1) is 44.8. The fraction of sp³-hybridized carbons (Fsp3) is 0.200. The number of hydrogen-bond acceptors (Lipinski definition) is 3. The first-order valence-electron chi connectivity index (χ1n) is 18.2. The Morgan fingerprint density at radius 1 is 0.389 bits per heavy atom. The van der Waals surface area contributed by atoms with Gasteiger partial charge < -0.3 is 25.3 Å². The molecule has 0 aliphatic heterocycles. The Balaban J connectivity index is 0.000000327. The molecule has 6 rings (SSSR count). The number of hydrogen-bond donors (Lipinski definition) is 1. The molecule has 54 heavy (non-hydrogen) atoms. The molecule has 0 radical (unpaired) electrons. The molecule has 0 saturated heterocycles. The first-order valence-corrected chi connectivity index (χ1v) is 32.6. The molecule has 284 valence electrons. The quantitative estimate of drug-likeness (QED) is 0.0668. The minimum absolute atomic E-state index is 0. The molecular formula is C45H53NiP2S3Si3-. The van der Waals surface area contributed by atoms with E-state index in [1.807, 2.05) is 0 Å². The van der Waals surface area contributed by atoms with Gasteiger partial charge in [0, 0.05) is 21.4 Å². The average molecular weight is 895 g/mol. The summed E-state index contributed by atoms with van der Waals surface area (Å²) in [4.78, 5) is 3.20. The van der Waals surface area contributed by atoms with Crippen molar-refractivity contribution in [3.63, 3.8) is 0 Å². The molecule has 0 fully saturated rings. The third-order valence-electron chi connectivity index (χ3n) is 9.19. The Kier molecular flexibility index (Phi) is 15.8. The number of rotatable bonds is 9. The summed E-state index contributed by atoms with van der Waals surface area (Å²) in [6.07, 6.45) is 0. The molecule has 0 saturated carbocycles. The van der Waals surface area contributed by atoms with Gasteiger partial charge in [-0.15, -0.1) is 12.6 Å². The van der Waals surface area contributed by atoms with Gasteiger partial charge in [-0.3, -0.25) is 0 Å². The van der Waals surface area contributed by atoms with Crippen LogP contribution in [0.3, 0.4) is 0 Å². The van der Waals surface area contributed by atoms with Crippen LogP contribution in [0.2, 0.25) is 58.9 Å². The maximum absolute atomic E-state index is 6.22. The number of thiol groups is 1. The molecule has 0 nitrogen and oxygen atoms in total. The van der Waals surface area contributed by atoms with Gasteiger partial charge in [0.15, 0.2) is 0 Å². The monoisotopic (exact) mass is 893 g/mol. The minimum atomic E-state index is -1.59. The van der Waals surface area contributed by atoms with E-state index in [9.17, 15) is 0 Å². The zero-order chi connectivity index (χ0) is 38.6. The Labute approximate surface area is 359 Å². The summed E-state index contributed by atoms with van der Waals surface area (Å²) in [7, 11) is -6.11. The largest absolute Gasteiger partial charge is 1.00 e. The van der Waals surface area contributed by atoms with Crippen molar-refractivity contribution in [2.75, 3.05) is 0 Å². The second kappa shape index (κ2) is 19.0. The van der Waals surface area contributed by atoms with Crippen molar-refractivity contribution in [3.8, 4) is 0 Å². The van der Waals surface area contributed by atoms with E-state index < -0.39 is 40.1 Å². The molecule has 0 spiro atoms. The third-order valence-corrected chi connectivity index (χ3v) is 22.7. The summed E-state index contributed by atoms with van der Waals surface area (Å²) < 4.78 is 0. The van der Waals surface area contributed by atoms with Gasteiger partial charge >= 0.3 is 1.43 Å². The Bertz CT molecular complexity index is 1890. The fourth-order valence-corrected chi connectivity index (χ4v) is 19.9. The molecule has 0 N–H and O–H groups in total. The molecule has 9 heteroatoms. The normalized spacial score (nSPS) is 11.9. The van der Waals surface area contributed by atoms with Crippen LogP contribution >= 0.6 is 28.5 Å². The van der Waals surface area contributed by atoms with Gasteiger partial charge in [0.2, 0.25) is 0 Å². The van der Waals surface area contributed by atoms with E-state index >= 15 is 0 Å². The smallest absolute Gasteiger partial charge is 0.779 e. The minimum Gasteiger partial charge on any atom is -0.779 e. The van der Waals surface area contributed by atoms with Crippen LogP contribution < -0.4 is 47.4 Å². The summed E-state index contributed by atoms with van der Waals surface area (Å²) in [6.45, 7) is 21.5. The summed E-state index contributed by atoms with van der Waals surface area (Å²) in [5.74, 6) is 0. The molecule has 0 aliphatic carbocycles. The third kappa shape index (κ3) is 10.7. The van der Waals surface area contributed by atoms with Crippen molar-refractivity contribution in [1.29, 1.82) is 0 Å². The van der Waals surface area contributed by atoms with Crippen molar-refractivity contribution in [2.24, 2.45) is 0 Å². The van der Waals surface area contributed by atoms with Crippen LogP contribution in [0, 0.1) is 0 Å². The van der Waals surface area contributed by atoms with Crippen LogP contribution in [-0.4, -0.2) is 24.2 Å². The first-order chi connectivity index (χ1) is 25.0. The van der Waals surface area contributed by atoms with E-state index in [-0.39, 0.29) is 17.9 Å². The van der Waals surface area contributed by atoms with Crippen LogP contribution in [0.25, 0.3) is 0 Å². The molecule has 0 bridgehead atoms. The summed E-state index contributed by atoms with van der Waals surface area (Å²) in [5.41, 5.74) is 0. The van der Waals surface area contributed by atoms with Crippen molar-refractivity contribution in [2.45, 2.75) is 73.6 Å². The van der Waals surface area contributed by atoms with E-state index in [2.05, 4.69) is 205 Å². The van der Waals surface area contributed by atoms with Crippen LogP contribution in [0.15, 0.2) is 160 Å². The molecule has 0 amide bonds. The average Bonchev–Trinajstić information content (AvgIpc) is 3.11. The molecule has 6 aromatic carbocycles. The maximum atomic E-state index is 6.22. The predicted molar refractivity (Wildman–Crippen MR) is 259 cm³/mol. The SMILES string of the molecule is C[Si](C)(C)c1cccc(P(c2cccc([Si](C)(C)C)c2[S-])c2cccc([Si](C)(C)C)c2S)c1[S-].[H+].[Ni].c1ccc(P(c2ccccc2)c2ccccc2)cc1. The number of benzene rings is 6. The van der Waals surface area contributed by atoms with Crippen LogP contribution in [0.4, 0.5) is 0 Å². The topological polar surface area (TPSA) is 0 Å². The Morgan fingerprint density at radius 3 is 1.00 bits per heavy atom. The molecule has 6 aromatic rings. The summed E-state index contributed by atoms with van der Waals surface area (Å²) in [5, 5.41) is 12.1. The maximum Gasteiger partial charge on any atom is 1.00 e. The summed E-state index contributed by atoms with van der Waals surface area (Å²) in [6, 6.07) is 52.5. The zero-order valence-electron chi connectivity index (χ0n) is 33.8. The Hall–Kier alpha value is -1.89. The second-order valence-corrected chi connectivity index (χ2v) is 37.1. The standard InChI is InChI=1S/C27H39PS3Si3.C18H15P.Ni/c1-32(2,3)22-16-10-13-19(25(22)29)28(20-14-11-17-23(26(20)30)33(4,5)6)21-15-12-18-24(27(21)31)34(7,8)9;1-4-10-16(11-5-1)19(17-12-6-2-7-13-17)18-14-8-3-9-15-18;/h10-18,29-31H,1-9H3;1-15H;/p-1. The van der Waals surface area contributed by atoms with E-state index in [0.717, 1.165) is 14.7 Å². The molecule has 0 atom stereocenters. The van der Waals surface area contributed by atoms with Gasteiger partial charge in [0.1, 0.15) is 0 Å². The Morgan fingerprint density at radius 2 is 0.685 bits per heavy atom. The van der Waals surface area contributed by atoms with Crippen molar-refractivity contribution >= 4 is 125 Å². The van der Waals surface area contributed by atoms with Gasteiger partial charge in [-0.2, -0.15) is 9.79 Å². The molecule has 0 aromatic heterocycles. The zero-order valence-corrected chi connectivity index (χ0v) is 41.1. The van der Waals surface area contributed by atoms with Crippen LogP contribution in [0.5, 0.6) is 0 Å². The van der Waals surface area contributed by atoms with E-state index in [0.29, 0.717) is 0 Å². The van der Waals surface area contributed by atoms with Crippen molar-refractivity contribution in [1.82, 2.24) is 0 Å². The van der Waals surface area contributed by atoms with Gasteiger partial charge in [-0.1, -0.05) is 215 Å². The fourth-order valence-electron chi connectivity index (χ4n) is 6.47. The van der Waals surface area contributed by atoms with Crippen molar-refractivity contribution in [3.05, 3.63) is 146 Å².